The van der Waals surface area contributed by atoms with Crippen molar-refractivity contribution in [2.75, 3.05) is 5.32 Å². The Morgan fingerprint density at radius 1 is 1.03 bits per heavy atom. The number of rotatable bonds is 12. The van der Waals surface area contributed by atoms with Crippen molar-refractivity contribution in [1.82, 2.24) is 25.3 Å². The number of allylic oxidation sites excluding steroid dienone is 11. The van der Waals surface area contributed by atoms with E-state index in [1.807, 2.05) is 49.4 Å². The van der Waals surface area contributed by atoms with Crippen molar-refractivity contribution in [1.29, 1.82) is 0 Å². The van der Waals surface area contributed by atoms with E-state index in [1.165, 1.54) is 6.42 Å². The van der Waals surface area contributed by atoms with Crippen LogP contribution in [-0.2, 0) is 19.5 Å². The van der Waals surface area contributed by atoms with Crippen molar-refractivity contribution in [3.8, 4) is 0 Å². The molecular formula is C29H32N6. The molecule has 2 aliphatic rings. The van der Waals surface area contributed by atoms with Gasteiger partial charge in [0.2, 0.25) is 0 Å². The molecule has 6 heteroatoms. The fourth-order valence-electron chi connectivity index (χ4n) is 3.87. The number of pyridine rings is 1. The Bertz CT molecular complexity index is 1200. The lowest BCUT2D eigenvalue weighted by Gasteiger charge is -2.13. The molecule has 0 aliphatic heterocycles. The fraction of sp³-hybridized carbons (Fsp3) is 0.241. The van der Waals surface area contributed by atoms with E-state index in [-0.39, 0.29) is 0 Å². The van der Waals surface area contributed by atoms with Crippen molar-refractivity contribution in [3.63, 3.8) is 0 Å². The Kier molecular flexibility index (Phi) is 8.17. The molecular weight excluding hydrogens is 432 g/mol. The molecule has 0 amide bonds. The smallest absolute Gasteiger partial charge is 0.151 e. The van der Waals surface area contributed by atoms with Gasteiger partial charge in [0.25, 0.3) is 0 Å². The molecule has 2 unspecified atom stereocenters. The number of aromatic nitrogens is 4. The third kappa shape index (κ3) is 7.21. The topological polar surface area (TPSA) is 75.6 Å². The molecule has 2 atom stereocenters. The summed E-state index contributed by atoms with van der Waals surface area (Å²) in [7, 11) is 0. The molecule has 1 saturated carbocycles. The minimum Gasteiger partial charge on any atom is -0.378 e. The van der Waals surface area contributed by atoms with Crippen molar-refractivity contribution in [2.45, 2.75) is 32.9 Å². The lowest BCUT2D eigenvalue weighted by atomic mass is 10.0. The van der Waals surface area contributed by atoms with Crippen LogP contribution in [0, 0.1) is 11.8 Å². The predicted octanol–water partition coefficient (Wildman–Crippen LogP) is 5.40. The highest BCUT2D eigenvalue weighted by Gasteiger charge is 2.34. The second-order valence-corrected chi connectivity index (χ2v) is 8.59. The van der Waals surface area contributed by atoms with E-state index in [4.69, 9.17) is 15.0 Å². The quantitative estimate of drug-likeness (QED) is 0.410. The molecule has 2 aromatic heterocycles. The number of anilines is 1. The molecule has 4 rings (SSSR count). The van der Waals surface area contributed by atoms with Crippen LogP contribution in [0.4, 0.5) is 5.69 Å². The van der Waals surface area contributed by atoms with Gasteiger partial charge in [-0.2, -0.15) is 0 Å². The average molecular weight is 465 g/mol. The number of fused-ring (bicyclic) bond motifs is 1. The number of nitrogens with zero attached hydrogens (tertiary/aromatic N) is 4. The first-order chi connectivity index (χ1) is 17.1. The normalized spacial score (nSPS) is 18.9. The zero-order valence-corrected chi connectivity index (χ0v) is 20.2. The van der Waals surface area contributed by atoms with Crippen molar-refractivity contribution < 1.29 is 0 Å². The molecule has 2 aliphatic carbocycles. The summed E-state index contributed by atoms with van der Waals surface area (Å²) in [6, 6.07) is 3.84. The molecule has 2 aromatic rings. The van der Waals surface area contributed by atoms with E-state index in [0.717, 1.165) is 28.4 Å². The fourth-order valence-corrected chi connectivity index (χ4v) is 3.87. The predicted molar refractivity (Wildman–Crippen MR) is 142 cm³/mol. The number of nitrogens with one attached hydrogen (secondary N) is 2. The van der Waals surface area contributed by atoms with Gasteiger partial charge in [0.05, 0.1) is 13.1 Å². The van der Waals surface area contributed by atoms with E-state index < -0.39 is 0 Å². The highest BCUT2D eigenvalue weighted by Crippen LogP contribution is 2.43. The van der Waals surface area contributed by atoms with Gasteiger partial charge in [-0.25, -0.2) is 15.0 Å². The first-order valence-electron chi connectivity index (χ1n) is 12.0. The number of hydrogen-bond donors (Lipinski definition) is 2. The van der Waals surface area contributed by atoms with Gasteiger partial charge in [-0.3, -0.25) is 4.98 Å². The van der Waals surface area contributed by atoms with Gasteiger partial charge in [-0.05, 0) is 54.5 Å². The highest BCUT2D eigenvalue weighted by atomic mass is 15.1. The van der Waals surface area contributed by atoms with Crippen LogP contribution < -0.4 is 10.6 Å². The molecule has 6 nitrogen and oxygen atoms in total. The SMILES string of the molecule is C=C/C=C/C=C(\C=C/C)C(=C)Cc1nc(CNC2=CC3CC3C=C2)nc(CNc2ccncc2)n1. The third-order valence-electron chi connectivity index (χ3n) is 5.81. The Balaban J connectivity index is 1.51. The van der Waals surface area contributed by atoms with Gasteiger partial charge in [0, 0.05) is 30.2 Å². The second-order valence-electron chi connectivity index (χ2n) is 8.59. The van der Waals surface area contributed by atoms with Crippen molar-refractivity contribution in [3.05, 3.63) is 127 Å². The van der Waals surface area contributed by atoms with Crippen molar-refractivity contribution >= 4 is 5.69 Å². The van der Waals surface area contributed by atoms with Crippen LogP contribution in [0.1, 0.15) is 30.8 Å². The van der Waals surface area contributed by atoms with E-state index in [2.05, 4.69) is 47.0 Å². The molecule has 0 radical (unpaired) electrons. The first kappa shape index (κ1) is 24.1. The molecule has 178 valence electrons. The molecule has 0 spiro atoms. The summed E-state index contributed by atoms with van der Waals surface area (Å²) in [4.78, 5) is 18.3. The van der Waals surface area contributed by atoms with Crippen LogP contribution >= 0.6 is 0 Å². The van der Waals surface area contributed by atoms with Crippen LogP contribution in [0.3, 0.4) is 0 Å². The average Bonchev–Trinajstić information content (AvgIpc) is 3.65. The van der Waals surface area contributed by atoms with Crippen LogP contribution in [0.5, 0.6) is 0 Å². The Hall–Kier alpha value is -4.06. The Morgan fingerprint density at radius 3 is 2.49 bits per heavy atom. The summed E-state index contributed by atoms with van der Waals surface area (Å²) in [5, 5.41) is 6.85. The summed E-state index contributed by atoms with van der Waals surface area (Å²) in [6.07, 6.45) is 23.7. The van der Waals surface area contributed by atoms with E-state index in [0.29, 0.717) is 42.9 Å². The molecule has 1 fully saturated rings. The van der Waals surface area contributed by atoms with Crippen LogP contribution in [0.15, 0.2) is 109 Å². The summed E-state index contributed by atoms with van der Waals surface area (Å²) >= 11 is 0. The largest absolute Gasteiger partial charge is 0.378 e. The van der Waals surface area contributed by atoms with E-state index >= 15 is 0 Å². The summed E-state index contributed by atoms with van der Waals surface area (Å²) in [6.45, 7) is 11.0. The maximum absolute atomic E-state index is 4.76. The molecule has 0 saturated heterocycles. The van der Waals surface area contributed by atoms with Gasteiger partial charge < -0.3 is 10.6 Å². The maximum Gasteiger partial charge on any atom is 0.151 e. The van der Waals surface area contributed by atoms with Gasteiger partial charge >= 0.3 is 0 Å². The Labute approximate surface area is 207 Å². The minimum absolute atomic E-state index is 0.491. The second kappa shape index (κ2) is 11.9. The van der Waals surface area contributed by atoms with Gasteiger partial charge in [-0.15, -0.1) is 0 Å². The van der Waals surface area contributed by atoms with Gasteiger partial charge in [0.1, 0.15) is 5.82 Å². The maximum atomic E-state index is 4.76. The van der Waals surface area contributed by atoms with Gasteiger partial charge in [0.15, 0.2) is 11.6 Å². The van der Waals surface area contributed by atoms with Crippen LogP contribution in [0.2, 0.25) is 0 Å². The Morgan fingerprint density at radius 2 is 1.77 bits per heavy atom. The zero-order valence-electron chi connectivity index (χ0n) is 20.2. The molecule has 35 heavy (non-hydrogen) atoms. The van der Waals surface area contributed by atoms with E-state index in [9.17, 15) is 0 Å². The van der Waals surface area contributed by atoms with Crippen LogP contribution in [0.25, 0.3) is 0 Å². The minimum atomic E-state index is 0.491. The summed E-state index contributed by atoms with van der Waals surface area (Å²) in [5.41, 5.74) is 4.07. The lowest BCUT2D eigenvalue weighted by molar-refractivity contribution is 0.711. The van der Waals surface area contributed by atoms with Crippen molar-refractivity contribution in [2.24, 2.45) is 11.8 Å². The van der Waals surface area contributed by atoms with E-state index in [1.54, 1.807) is 18.5 Å². The van der Waals surface area contributed by atoms with Crippen LogP contribution in [-0.4, -0.2) is 19.9 Å². The van der Waals surface area contributed by atoms with Gasteiger partial charge in [-0.1, -0.05) is 61.8 Å². The summed E-state index contributed by atoms with van der Waals surface area (Å²) in [5.74, 6) is 3.53. The molecule has 2 heterocycles. The molecule has 0 aromatic carbocycles. The highest BCUT2D eigenvalue weighted by molar-refractivity contribution is 5.42. The summed E-state index contributed by atoms with van der Waals surface area (Å²) < 4.78 is 0. The molecule has 2 N–H and O–H groups in total. The standard InChI is InChI=1S/C29H32N6/c1-4-6-7-9-22(8-5-2)21(3)16-27-33-28(19-31-25-12-14-30-15-13-25)35-29(34-27)20-32-26-11-10-23-17-24(23)18-26/h4-15,18,23-24,32H,1,3,16-17,19-20H2,2H3,(H,30,31)/b7-6+,8-5-,22-9+. The lowest BCUT2D eigenvalue weighted by Crippen LogP contribution is -2.18. The third-order valence-corrected chi connectivity index (χ3v) is 5.81. The monoisotopic (exact) mass is 464 g/mol. The number of hydrogen-bond acceptors (Lipinski definition) is 6. The zero-order chi connectivity index (χ0) is 24.5. The first-order valence-corrected chi connectivity index (χ1v) is 12.0. The molecule has 0 bridgehead atoms.